The summed E-state index contributed by atoms with van der Waals surface area (Å²) in [6, 6.07) is 9.05. The van der Waals surface area contributed by atoms with Crippen LogP contribution in [0.15, 0.2) is 36.4 Å². The van der Waals surface area contributed by atoms with Crippen LogP contribution in [0.5, 0.6) is 5.75 Å². The van der Waals surface area contributed by atoms with Gasteiger partial charge in [-0.3, -0.25) is 0 Å². The van der Waals surface area contributed by atoms with Crippen LogP contribution in [-0.4, -0.2) is 25.2 Å². The van der Waals surface area contributed by atoms with E-state index in [4.69, 9.17) is 9.84 Å². The molecule has 0 aliphatic carbocycles. The largest absolute Gasteiger partial charge is 0.497 e. The monoisotopic (exact) mass is 293 g/mol. The maximum Gasteiger partial charge on any atom is 0.338 e. The number of anilines is 2. The molecular formula is C15H13F2NO3. The fourth-order valence-corrected chi connectivity index (χ4v) is 1.92. The van der Waals surface area contributed by atoms with Crippen molar-refractivity contribution in [3.8, 4) is 5.75 Å². The highest BCUT2D eigenvalue weighted by Gasteiger charge is 2.20. The maximum absolute atomic E-state index is 14.0. The van der Waals surface area contributed by atoms with Crippen LogP contribution in [0.3, 0.4) is 0 Å². The first kappa shape index (κ1) is 14.8. The highest BCUT2D eigenvalue weighted by atomic mass is 19.2. The molecule has 0 amide bonds. The first-order chi connectivity index (χ1) is 9.95. The zero-order valence-corrected chi connectivity index (χ0v) is 11.4. The van der Waals surface area contributed by atoms with E-state index in [0.29, 0.717) is 11.4 Å². The minimum atomic E-state index is -1.51. The van der Waals surface area contributed by atoms with Crippen molar-refractivity contribution in [1.29, 1.82) is 0 Å². The first-order valence-electron chi connectivity index (χ1n) is 6.04. The summed E-state index contributed by atoms with van der Waals surface area (Å²) in [5, 5.41) is 8.77. The average molecular weight is 293 g/mol. The number of aromatic carboxylic acids is 1. The van der Waals surface area contributed by atoms with Gasteiger partial charge < -0.3 is 14.7 Å². The third-order valence-corrected chi connectivity index (χ3v) is 3.09. The van der Waals surface area contributed by atoms with Gasteiger partial charge in [0.25, 0.3) is 0 Å². The SMILES string of the molecule is COc1cccc(N(C)c2ccc(C(=O)O)c(F)c2F)c1. The van der Waals surface area contributed by atoms with E-state index in [-0.39, 0.29) is 5.69 Å². The van der Waals surface area contributed by atoms with E-state index in [1.807, 2.05) is 0 Å². The molecule has 2 aromatic carbocycles. The summed E-state index contributed by atoms with van der Waals surface area (Å²) in [4.78, 5) is 12.2. The minimum Gasteiger partial charge on any atom is -0.497 e. The zero-order chi connectivity index (χ0) is 15.6. The Morgan fingerprint density at radius 2 is 1.90 bits per heavy atom. The van der Waals surface area contributed by atoms with Crippen LogP contribution in [-0.2, 0) is 0 Å². The van der Waals surface area contributed by atoms with Crippen molar-refractivity contribution in [3.63, 3.8) is 0 Å². The maximum atomic E-state index is 14.0. The van der Waals surface area contributed by atoms with Gasteiger partial charge in [-0.1, -0.05) is 6.07 Å². The molecule has 2 aromatic rings. The molecule has 0 aliphatic heterocycles. The second-order valence-electron chi connectivity index (χ2n) is 4.33. The Bertz CT molecular complexity index is 689. The van der Waals surface area contributed by atoms with E-state index in [1.54, 1.807) is 31.3 Å². The topological polar surface area (TPSA) is 49.8 Å². The number of halogens is 2. The lowest BCUT2D eigenvalue weighted by molar-refractivity contribution is 0.0690. The number of carboxylic acids is 1. The van der Waals surface area contributed by atoms with Crippen molar-refractivity contribution in [2.75, 3.05) is 19.1 Å². The number of hydrogen-bond acceptors (Lipinski definition) is 3. The quantitative estimate of drug-likeness (QED) is 0.938. The van der Waals surface area contributed by atoms with Gasteiger partial charge in [0.1, 0.15) is 5.75 Å². The van der Waals surface area contributed by atoms with Gasteiger partial charge in [0.15, 0.2) is 11.6 Å². The Hall–Kier alpha value is -2.63. The summed E-state index contributed by atoms with van der Waals surface area (Å²) in [6.45, 7) is 0. The number of carboxylic acid groups (broad SMARTS) is 1. The number of benzene rings is 2. The van der Waals surface area contributed by atoms with Gasteiger partial charge >= 0.3 is 5.97 Å². The normalized spacial score (nSPS) is 10.3. The molecule has 0 heterocycles. The van der Waals surface area contributed by atoms with Crippen molar-refractivity contribution in [1.82, 2.24) is 0 Å². The summed E-state index contributed by atoms with van der Waals surface area (Å²) >= 11 is 0. The second-order valence-corrected chi connectivity index (χ2v) is 4.33. The van der Waals surface area contributed by atoms with Crippen molar-refractivity contribution >= 4 is 17.3 Å². The zero-order valence-electron chi connectivity index (χ0n) is 11.4. The average Bonchev–Trinajstić information content (AvgIpc) is 2.49. The Labute approximate surface area is 120 Å². The van der Waals surface area contributed by atoms with Crippen LogP contribution in [0.25, 0.3) is 0 Å². The van der Waals surface area contributed by atoms with E-state index >= 15 is 0 Å². The summed E-state index contributed by atoms with van der Waals surface area (Å²) in [5.41, 5.74) is -0.184. The van der Waals surface area contributed by atoms with Crippen molar-refractivity contribution in [2.45, 2.75) is 0 Å². The second kappa shape index (κ2) is 5.78. The number of rotatable bonds is 4. The van der Waals surface area contributed by atoms with Crippen LogP contribution in [0, 0.1) is 11.6 Å². The Kier molecular flexibility index (Phi) is 4.07. The predicted octanol–water partition coefficient (Wildman–Crippen LogP) is 3.44. The van der Waals surface area contributed by atoms with Gasteiger partial charge in [-0.25, -0.2) is 13.6 Å². The third kappa shape index (κ3) is 2.79. The predicted molar refractivity (Wildman–Crippen MR) is 74.4 cm³/mol. The lowest BCUT2D eigenvalue weighted by Gasteiger charge is -2.21. The number of ether oxygens (including phenoxy) is 1. The first-order valence-corrected chi connectivity index (χ1v) is 6.04. The molecule has 0 bridgehead atoms. The van der Waals surface area contributed by atoms with Gasteiger partial charge in [-0.2, -0.15) is 0 Å². The third-order valence-electron chi connectivity index (χ3n) is 3.09. The fraction of sp³-hybridized carbons (Fsp3) is 0.133. The molecule has 6 heteroatoms. The Morgan fingerprint density at radius 3 is 2.52 bits per heavy atom. The van der Waals surface area contributed by atoms with Gasteiger partial charge in [0.2, 0.25) is 0 Å². The van der Waals surface area contributed by atoms with Crippen molar-refractivity contribution in [2.24, 2.45) is 0 Å². The lowest BCUT2D eigenvalue weighted by Crippen LogP contribution is -2.14. The standard InChI is InChI=1S/C15H13F2NO3/c1-18(9-4-3-5-10(8-9)21-2)12-7-6-11(15(19)20)13(16)14(12)17/h3-8H,1-2H3,(H,19,20). The van der Waals surface area contributed by atoms with Gasteiger partial charge in [0.05, 0.1) is 18.4 Å². The van der Waals surface area contributed by atoms with Gasteiger partial charge in [-0.05, 0) is 24.3 Å². The smallest absolute Gasteiger partial charge is 0.338 e. The molecule has 0 atom stereocenters. The molecule has 0 aliphatic rings. The van der Waals surface area contributed by atoms with Crippen molar-refractivity contribution in [3.05, 3.63) is 53.6 Å². The Morgan fingerprint density at radius 1 is 1.19 bits per heavy atom. The number of methoxy groups -OCH3 is 1. The minimum absolute atomic E-state index is 0.0641. The molecule has 110 valence electrons. The molecule has 2 rings (SSSR count). The van der Waals surface area contributed by atoms with E-state index in [2.05, 4.69) is 0 Å². The van der Waals surface area contributed by atoms with E-state index in [0.717, 1.165) is 6.07 Å². The molecule has 0 radical (unpaired) electrons. The summed E-state index contributed by atoms with van der Waals surface area (Å²) in [7, 11) is 3.05. The highest BCUT2D eigenvalue weighted by Crippen LogP contribution is 2.30. The molecule has 1 N–H and O–H groups in total. The molecular weight excluding hydrogens is 280 g/mol. The molecule has 4 nitrogen and oxygen atoms in total. The van der Waals surface area contributed by atoms with Crippen LogP contribution in [0.4, 0.5) is 20.2 Å². The molecule has 21 heavy (non-hydrogen) atoms. The summed E-state index contributed by atoms with van der Waals surface area (Å²) in [5.74, 6) is -3.53. The van der Waals surface area contributed by atoms with Gasteiger partial charge in [0, 0.05) is 18.8 Å². The van der Waals surface area contributed by atoms with Crippen LogP contribution in [0.1, 0.15) is 10.4 Å². The molecule has 0 spiro atoms. The summed E-state index contributed by atoms with van der Waals surface area (Å²) in [6.07, 6.45) is 0. The number of hydrogen-bond donors (Lipinski definition) is 1. The fourth-order valence-electron chi connectivity index (χ4n) is 1.92. The van der Waals surface area contributed by atoms with Gasteiger partial charge in [-0.15, -0.1) is 0 Å². The Balaban J connectivity index is 2.46. The van der Waals surface area contributed by atoms with E-state index in [9.17, 15) is 13.6 Å². The molecule has 0 saturated carbocycles. The highest BCUT2D eigenvalue weighted by molar-refractivity contribution is 5.88. The van der Waals surface area contributed by atoms with Crippen LogP contribution >= 0.6 is 0 Å². The molecule has 0 saturated heterocycles. The molecule has 0 aromatic heterocycles. The summed E-state index contributed by atoms with van der Waals surface area (Å²) < 4.78 is 32.8. The van der Waals surface area contributed by atoms with E-state index in [1.165, 1.54) is 18.1 Å². The van der Waals surface area contributed by atoms with Crippen molar-refractivity contribution < 1.29 is 23.4 Å². The van der Waals surface area contributed by atoms with E-state index < -0.39 is 23.2 Å². The number of nitrogens with zero attached hydrogens (tertiary/aromatic N) is 1. The van der Waals surface area contributed by atoms with Crippen LogP contribution < -0.4 is 9.64 Å². The van der Waals surface area contributed by atoms with Crippen LogP contribution in [0.2, 0.25) is 0 Å². The molecule has 0 fully saturated rings. The lowest BCUT2D eigenvalue weighted by atomic mass is 10.1. The molecule has 0 unspecified atom stereocenters. The number of carbonyl (C=O) groups is 1.